The summed E-state index contributed by atoms with van der Waals surface area (Å²) in [5, 5.41) is 0.454. The van der Waals surface area contributed by atoms with Crippen LogP contribution in [0.1, 0.15) is 10.4 Å². The van der Waals surface area contributed by atoms with Crippen molar-refractivity contribution in [3.8, 4) is 5.75 Å². The molecule has 1 heterocycles. The van der Waals surface area contributed by atoms with Gasteiger partial charge in [0.1, 0.15) is 11.6 Å². The van der Waals surface area contributed by atoms with E-state index in [0.717, 1.165) is 0 Å². The third-order valence-electron chi connectivity index (χ3n) is 4.20. The zero-order chi connectivity index (χ0) is 18.5. The van der Waals surface area contributed by atoms with Crippen molar-refractivity contribution < 1.29 is 18.7 Å². The van der Waals surface area contributed by atoms with Gasteiger partial charge in [0.25, 0.3) is 11.8 Å². The van der Waals surface area contributed by atoms with E-state index in [2.05, 4.69) is 0 Å². The van der Waals surface area contributed by atoms with Crippen molar-refractivity contribution >= 4 is 23.4 Å². The van der Waals surface area contributed by atoms with Crippen molar-refractivity contribution in [2.24, 2.45) is 0 Å². The summed E-state index contributed by atoms with van der Waals surface area (Å²) < 4.78 is 18.4. The quantitative estimate of drug-likeness (QED) is 0.824. The van der Waals surface area contributed by atoms with Crippen LogP contribution in [0.3, 0.4) is 0 Å². The lowest BCUT2D eigenvalue weighted by Crippen LogP contribution is -2.51. The van der Waals surface area contributed by atoms with Crippen LogP contribution in [0.4, 0.5) is 4.39 Å². The molecule has 0 bridgehead atoms. The van der Waals surface area contributed by atoms with Gasteiger partial charge in [0.05, 0.1) is 5.02 Å². The Hall–Kier alpha value is -2.60. The van der Waals surface area contributed by atoms with Gasteiger partial charge < -0.3 is 14.5 Å². The van der Waals surface area contributed by atoms with Gasteiger partial charge >= 0.3 is 0 Å². The number of amides is 2. The van der Waals surface area contributed by atoms with Crippen LogP contribution in [0.25, 0.3) is 0 Å². The maximum absolute atomic E-state index is 13.0. The van der Waals surface area contributed by atoms with Crippen molar-refractivity contribution in [2.45, 2.75) is 0 Å². The van der Waals surface area contributed by atoms with Gasteiger partial charge in [-0.25, -0.2) is 4.39 Å². The molecule has 26 heavy (non-hydrogen) atoms. The molecule has 1 aliphatic rings. The summed E-state index contributed by atoms with van der Waals surface area (Å²) in [5.41, 5.74) is 0.438. The predicted molar refractivity (Wildman–Crippen MR) is 95.8 cm³/mol. The van der Waals surface area contributed by atoms with E-state index in [9.17, 15) is 14.0 Å². The summed E-state index contributed by atoms with van der Waals surface area (Å²) >= 11 is 6.00. The molecule has 0 spiro atoms. The molecule has 1 aliphatic heterocycles. The normalized spacial score (nSPS) is 14.2. The molecule has 1 saturated heterocycles. The molecule has 0 unspecified atom stereocenters. The van der Waals surface area contributed by atoms with E-state index in [4.69, 9.17) is 16.3 Å². The Kier molecular flexibility index (Phi) is 5.73. The maximum Gasteiger partial charge on any atom is 0.260 e. The lowest BCUT2D eigenvalue weighted by atomic mass is 10.2. The number of hydrogen-bond donors (Lipinski definition) is 0. The fourth-order valence-corrected chi connectivity index (χ4v) is 2.92. The minimum Gasteiger partial charge on any atom is -0.482 e. The van der Waals surface area contributed by atoms with Crippen molar-refractivity contribution in [3.63, 3.8) is 0 Å². The average molecular weight is 377 g/mol. The van der Waals surface area contributed by atoms with Gasteiger partial charge in [-0.2, -0.15) is 0 Å². The lowest BCUT2D eigenvalue weighted by Gasteiger charge is -2.34. The summed E-state index contributed by atoms with van der Waals surface area (Å²) in [4.78, 5) is 28.0. The number of rotatable bonds is 4. The number of nitrogens with zero attached hydrogens (tertiary/aromatic N) is 2. The fraction of sp³-hybridized carbons (Fsp3) is 0.263. The standard InChI is InChI=1S/C19H18ClFN2O3/c20-16-3-1-2-4-17(16)26-13-18(24)22-9-11-23(12-10-22)19(25)14-5-7-15(21)8-6-14/h1-8H,9-13H2. The summed E-state index contributed by atoms with van der Waals surface area (Å²) in [6.45, 7) is 1.60. The van der Waals surface area contributed by atoms with E-state index in [1.165, 1.54) is 24.3 Å². The second-order valence-electron chi connectivity index (χ2n) is 5.90. The van der Waals surface area contributed by atoms with Crippen LogP contribution in [0, 0.1) is 5.82 Å². The Balaban J connectivity index is 1.50. The Labute approximate surface area is 155 Å². The predicted octanol–water partition coefficient (Wildman–Crippen LogP) is 2.84. The first-order chi connectivity index (χ1) is 12.5. The minimum absolute atomic E-state index is 0.102. The number of carbonyl (C=O) groups is 2. The molecular weight excluding hydrogens is 359 g/mol. The highest BCUT2D eigenvalue weighted by Crippen LogP contribution is 2.23. The van der Waals surface area contributed by atoms with Crippen LogP contribution in [-0.4, -0.2) is 54.4 Å². The molecule has 2 aromatic rings. The number of ether oxygens (including phenoxy) is 1. The highest BCUT2D eigenvalue weighted by Gasteiger charge is 2.25. The molecule has 2 aromatic carbocycles. The minimum atomic E-state index is -0.379. The molecule has 7 heteroatoms. The number of carbonyl (C=O) groups excluding carboxylic acids is 2. The van der Waals surface area contributed by atoms with E-state index < -0.39 is 0 Å². The molecule has 0 aliphatic carbocycles. The number of benzene rings is 2. The van der Waals surface area contributed by atoms with Crippen LogP contribution in [0.2, 0.25) is 5.02 Å². The first-order valence-corrected chi connectivity index (χ1v) is 8.62. The van der Waals surface area contributed by atoms with E-state index in [0.29, 0.717) is 42.5 Å². The second kappa shape index (κ2) is 8.19. The molecule has 1 fully saturated rings. The maximum atomic E-state index is 13.0. The van der Waals surface area contributed by atoms with Gasteiger partial charge in [-0.15, -0.1) is 0 Å². The van der Waals surface area contributed by atoms with Gasteiger partial charge in [0, 0.05) is 31.7 Å². The summed E-state index contributed by atoms with van der Waals surface area (Å²) in [6, 6.07) is 12.4. The lowest BCUT2D eigenvalue weighted by molar-refractivity contribution is -0.134. The third kappa shape index (κ3) is 4.32. The first-order valence-electron chi connectivity index (χ1n) is 8.24. The van der Waals surface area contributed by atoms with Gasteiger partial charge in [0.2, 0.25) is 0 Å². The van der Waals surface area contributed by atoms with Crippen LogP contribution in [-0.2, 0) is 4.79 Å². The largest absolute Gasteiger partial charge is 0.482 e. The molecule has 0 atom stereocenters. The van der Waals surface area contributed by atoms with Crippen LogP contribution < -0.4 is 4.74 Å². The Morgan fingerprint density at radius 3 is 2.23 bits per heavy atom. The van der Waals surface area contributed by atoms with Crippen LogP contribution in [0.5, 0.6) is 5.75 Å². The molecule has 3 rings (SSSR count). The summed E-state index contributed by atoms with van der Waals surface area (Å²) in [7, 11) is 0. The number of halogens is 2. The molecule has 136 valence electrons. The number of hydrogen-bond acceptors (Lipinski definition) is 3. The zero-order valence-corrected chi connectivity index (χ0v) is 14.8. The smallest absolute Gasteiger partial charge is 0.260 e. The summed E-state index contributed by atoms with van der Waals surface area (Å²) in [6.07, 6.45) is 0. The SMILES string of the molecule is O=C(COc1ccccc1Cl)N1CCN(C(=O)c2ccc(F)cc2)CC1. The van der Waals surface area contributed by atoms with Gasteiger partial charge in [-0.3, -0.25) is 9.59 Å². The van der Waals surface area contributed by atoms with Crippen molar-refractivity contribution in [3.05, 3.63) is 64.9 Å². The molecule has 5 nitrogen and oxygen atoms in total. The molecule has 0 saturated carbocycles. The van der Waals surface area contributed by atoms with Crippen LogP contribution >= 0.6 is 11.6 Å². The second-order valence-corrected chi connectivity index (χ2v) is 6.31. The fourth-order valence-electron chi connectivity index (χ4n) is 2.73. The molecule has 0 radical (unpaired) electrons. The molecule has 0 aromatic heterocycles. The topological polar surface area (TPSA) is 49.9 Å². The van der Waals surface area contributed by atoms with Crippen molar-refractivity contribution in [2.75, 3.05) is 32.8 Å². The van der Waals surface area contributed by atoms with Crippen molar-refractivity contribution in [1.29, 1.82) is 0 Å². The van der Waals surface area contributed by atoms with E-state index in [1.54, 1.807) is 34.1 Å². The van der Waals surface area contributed by atoms with Gasteiger partial charge in [0.15, 0.2) is 6.61 Å². The van der Waals surface area contributed by atoms with Gasteiger partial charge in [-0.05, 0) is 36.4 Å². The number of piperazine rings is 1. The molecule has 0 N–H and O–H groups in total. The van der Waals surface area contributed by atoms with Gasteiger partial charge in [-0.1, -0.05) is 23.7 Å². The molecule has 2 amide bonds. The zero-order valence-electron chi connectivity index (χ0n) is 14.0. The summed E-state index contributed by atoms with van der Waals surface area (Å²) in [5.74, 6) is -0.230. The van der Waals surface area contributed by atoms with E-state index in [1.807, 2.05) is 0 Å². The average Bonchev–Trinajstić information content (AvgIpc) is 2.67. The Bertz CT molecular complexity index is 790. The van der Waals surface area contributed by atoms with E-state index >= 15 is 0 Å². The monoisotopic (exact) mass is 376 g/mol. The molecular formula is C19H18ClFN2O3. The first kappa shape index (κ1) is 18.2. The van der Waals surface area contributed by atoms with E-state index in [-0.39, 0.29) is 24.2 Å². The highest BCUT2D eigenvalue weighted by molar-refractivity contribution is 6.32. The number of para-hydroxylation sites is 1. The van der Waals surface area contributed by atoms with Crippen molar-refractivity contribution in [1.82, 2.24) is 9.80 Å². The third-order valence-corrected chi connectivity index (χ3v) is 4.51. The highest BCUT2D eigenvalue weighted by atomic mass is 35.5. The van der Waals surface area contributed by atoms with Crippen LogP contribution in [0.15, 0.2) is 48.5 Å². The Morgan fingerprint density at radius 1 is 0.962 bits per heavy atom. The Morgan fingerprint density at radius 2 is 1.58 bits per heavy atom.